The van der Waals surface area contributed by atoms with Crippen LogP contribution >= 0.6 is 0 Å². The molecule has 0 aliphatic carbocycles. The van der Waals surface area contributed by atoms with Crippen LogP contribution in [0.25, 0.3) is 11.1 Å². The number of ether oxygens (including phenoxy) is 3. The normalized spacial score (nSPS) is 17.0. The van der Waals surface area contributed by atoms with Crippen LogP contribution in [0.3, 0.4) is 0 Å². The van der Waals surface area contributed by atoms with E-state index in [-0.39, 0.29) is 37.5 Å². The maximum atomic E-state index is 13.3. The summed E-state index contributed by atoms with van der Waals surface area (Å²) in [5.74, 6) is 0.274. The fraction of sp³-hybridized carbons (Fsp3) is 0.310. The number of hydrogen-bond acceptors (Lipinski definition) is 5. The lowest BCUT2D eigenvalue weighted by atomic mass is 9.88. The van der Waals surface area contributed by atoms with Crippen molar-refractivity contribution in [1.29, 1.82) is 0 Å². The molecule has 1 heterocycles. The molecule has 1 aliphatic heterocycles. The van der Waals surface area contributed by atoms with Crippen LogP contribution in [0, 0.1) is 11.2 Å². The fourth-order valence-corrected chi connectivity index (χ4v) is 4.38. The highest BCUT2D eigenvalue weighted by Crippen LogP contribution is 2.35. The van der Waals surface area contributed by atoms with Crippen LogP contribution in [0.15, 0.2) is 72.8 Å². The Balaban J connectivity index is 1.48. The zero-order chi connectivity index (χ0) is 25.5. The molecule has 0 radical (unpaired) electrons. The first kappa shape index (κ1) is 25.2. The molecule has 1 unspecified atom stereocenters. The molecule has 188 valence electrons. The van der Waals surface area contributed by atoms with Crippen molar-refractivity contribution in [3.05, 3.63) is 84.2 Å². The Kier molecular flexibility index (Phi) is 7.88. The minimum absolute atomic E-state index is 0.0820. The molecule has 0 saturated carbocycles. The number of rotatable bonds is 9. The van der Waals surface area contributed by atoms with Gasteiger partial charge in [-0.05, 0) is 67.8 Å². The van der Waals surface area contributed by atoms with Crippen molar-refractivity contribution in [3.63, 3.8) is 0 Å². The van der Waals surface area contributed by atoms with Gasteiger partial charge in [-0.25, -0.2) is 4.39 Å². The molecule has 0 aromatic heterocycles. The Labute approximate surface area is 210 Å². The van der Waals surface area contributed by atoms with E-state index in [1.807, 2.05) is 37.3 Å². The van der Waals surface area contributed by atoms with E-state index < -0.39 is 5.41 Å². The first-order valence-corrected chi connectivity index (χ1v) is 12.1. The van der Waals surface area contributed by atoms with Crippen molar-refractivity contribution < 1.29 is 28.2 Å². The Morgan fingerprint density at radius 1 is 0.889 bits per heavy atom. The smallest absolute Gasteiger partial charge is 0.317 e. The van der Waals surface area contributed by atoms with Gasteiger partial charge in [0.25, 0.3) is 5.91 Å². The number of carbonyl (C=O) groups excluding carboxylic acids is 2. The van der Waals surface area contributed by atoms with E-state index in [0.717, 1.165) is 11.1 Å². The summed E-state index contributed by atoms with van der Waals surface area (Å²) in [6.45, 7) is 5.00. The third-order valence-electron chi connectivity index (χ3n) is 6.31. The second kappa shape index (κ2) is 11.2. The van der Waals surface area contributed by atoms with Crippen LogP contribution in [-0.2, 0) is 9.53 Å². The molecule has 1 atom stereocenters. The molecular formula is C29H30FNO5. The monoisotopic (exact) mass is 491 g/mol. The van der Waals surface area contributed by atoms with Crippen LogP contribution in [0.2, 0.25) is 0 Å². The number of likely N-dealkylation sites (tertiary alicyclic amines) is 1. The van der Waals surface area contributed by atoms with Gasteiger partial charge in [-0.1, -0.05) is 36.4 Å². The lowest BCUT2D eigenvalue weighted by molar-refractivity contribution is -0.156. The molecular weight excluding hydrogens is 461 g/mol. The van der Waals surface area contributed by atoms with Gasteiger partial charge >= 0.3 is 5.97 Å². The van der Waals surface area contributed by atoms with Crippen LogP contribution < -0.4 is 9.47 Å². The zero-order valence-electron chi connectivity index (χ0n) is 20.5. The van der Waals surface area contributed by atoms with Crippen molar-refractivity contribution in [2.45, 2.75) is 20.3 Å². The molecule has 1 fully saturated rings. The molecule has 7 heteroatoms. The van der Waals surface area contributed by atoms with E-state index in [1.54, 1.807) is 42.2 Å². The van der Waals surface area contributed by atoms with Gasteiger partial charge in [-0.2, -0.15) is 0 Å². The number of benzene rings is 3. The van der Waals surface area contributed by atoms with E-state index in [4.69, 9.17) is 14.2 Å². The summed E-state index contributed by atoms with van der Waals surface area (Å²) in [5.41, 5.74) is 1.31. The summed E-state index contributed by atoms with van der Waals surface area (Å²) in [6.07, 6.45) is 0.433. The average Bonchev–Trinajstić information content (AvgIpc) is 3.34. The summed E-state index contributed by atoms with van der Waals surface area (Å²) >= 11 is 0. The van der Waals surface area contributed by atoms with Crippen molar-refractivity contribution >= 4 is 11.9 Å². The highest BCUT2D eigenvalue weighted by molar-refractivity contribution is 5.97. The second-order valence-electron chi connectivity index (χ2n) is 8.73. The minimum atomic E-state index is -0.970. The van der Waals surface area contributed by atoms with Crippen molar-refractivity contribution in [2.24, 2.45) is 5.41 Å². The summed E-state index contributed by atoms with van der Waals surface area (Å²) in [6, 6.07) is 20.8. The van der Waals surface area contributed by atoms with E-state index in [0.29, 0.717) is 36.6 Å². The zero-order valence-corrected chi connectivity index (χ0v) is 20.5. The van der Waals surface area contributed by atoms with E-state index in [1.165, 1.54) is 12.1 Å². The van der Waals surface area contributed by atoms with E-state index >= 15 is 0 Å². The molecule has 3 aromatic rings. The Bertz CT molecular complexity index is 1200. The van der Waals surface area contributed by atoms with E-state index in [2.05, 4.69) is 0 Å². The highest BCUT2D eigenvalue weighted by atomic mass is 19.1. The van der Waals surface area contributed by atoms with E-state index in [9.17, 15) is 14.0 Å². The number of amides is 1. The summed E-state index contributed by atoms with van der Waals surface area (Å²) in [7, 11) is 0. The third kappa shape index (κ3) is 5.51. The van der Waals surface area contributed by atoms with Crippen LogP contribution in [0.5, 0.6) is 11.5 Å². The number of para-hydroxylation sites is 1. The topological polar surface area (TPSA) is 65.1 Å². The maximum absolute atomic E-state index is 13.3. The highest BCUT2D eigenvalue weighted by Gasteiger charge is 2.48. The summed E-state index contributed by atoms with van der Waals surface area (Å²) < 4.78 is 30.3. The Morgan fingerprint density at radius 2 is 1.56 bits per heavy atom. The SMILES string of the molecule is CCOC(=O)C1(COc2ccc(-c3ccc(F)cc3)cc2)CCN(C(=O)c2ccccc2OCC)C1. The molecule has 6 nitrogen and oxygen atoms in total. The Hall–Kier alpha value is -3.87. The van der Waals surface area contributed by atoms with Crippen LogP contribution in [0.4, 0.5) is 4.39 Å². The average molecular weight is 492 g/mol. The number of halogens is 1. The van der Waals surface area contributed by atoms with Gasteiger partial charge in [0, 0.05) is 13.1 Å². The van der Waals surface area contributed by atoms with Crippen molar-refractivity contribution in [3.8, 4) is 22.6 Å². The maximum Gasteiger partial charge on any atom is 0.317 e. The molecule has 4 rings (SSSR count). The third-order valence-corrected chi connectivity index (χ3v) is 6.31. The molecule has 0 N–H and O–H groups in total. The van der Waals surface area contributed by atoms with Crippen molar-refractivity contribution in [2.75, 3.05) is 32.9 Å². The number of hydrogen-bond donors (Lipinski definition) is 0. The molecule has 0 bridgehead atoms. The number of nitrogens with zero attached hydrogens (tertiary/aromatic N) is 1. The van der Waals surface area contributed by atoms with Crippen molar-refractivity contribution in [1.82, 2.24) is 4.90 Å². The number of carbonyl (C=O) groups is 2. The first-order chi connectivity index (χ1) is 17.5. The minimum Gasteiger partial charge on any atom is -0.493 e. The first-order valence-electron chi connectivity index (χ1n) is 12.1. The lowest BCUT2D eigenvalue weighted by Gasteiger charge is -2.27. The van der Waals surface area contributed by atoms with Gasteiger partial charge in [-0.15, -0.1) is 0 Å². The standard InChI is InChI=1S/C29H30FNO5/c1-3-34-26-8-6-5-7-25(26)27(32)31-18-17-29(19-31,28(33)35-4-2)20-36-24-15-11-22(12-16-24)21-9-13-23(30)14-10-21/h5-16H,3-4,17-20H2,1-2H3. The van der Waals surface area contributed by atoms with Gasteiger partial charge in [-0.3, -0.25) is 9.59 Å². The molecule has 0 spiro atoms. The molecule has 1 saturated heterocycles. The molecule has 36 heavy (non-hydrogen) atoms. The van der Waals surface area contributed by atoms with Gasteiger partial charge < -0.3 is 19.1 Å². The fourth-order valence-electron chi connectivity index (χ4n) is 4.38. The molecule has 1 aliphatic rings. The lowest BCUT2D eigenvalue weighted by Crippen LogP contribution is -2.42. The largest absolute Gasteiger partial charge is 0.493 e. The predicted molar refractivity (Wildman–Crippen MR) is 135 cm³/mol. The van der Waals surface area contributed by atoms with Gasteiger partial charge in [0.15, 0.2) is 0 Å². The molecule has 1 amide bonds. The predicted octanol–water partition coefficient (Wildman–Crippen LogP) is 5.37. The van der Waals surface area contributed by atoms with Crippen LogP contribution in [-0.4, -0.2) is 49.7 Å². The summed E-state index contributed by atoms with van der Waals surface area (Å²) in [5, 5.41) is 0. The second-order valence-corrected chi connectivity index (χ2v) is 8.73. The quantitative estimate of drug-likeness (QED) is 0.377. The van der Waals surface area contributed by atoms with Crippen LogP contribution in [0.1, 0.15) is 30.6 Å². The Morgan fingerprint density at radius 3 is 2.22 bits per heavy atom. The summed E-state index contributed by atoms with van der Waals surface area (Å²) in [4.78, 5) is 28.0. The number of esters is 1. The molecule has 3 aromatic carbocycles. The van der Waals surface area contributed by atoms with Gasteiger partial charge in [0.1, 0.15) is 29.3 Å². The van der Waals surface area contributed by atoms with Gasteiger partial charge in [0.2, 0.25) is 0 Å². The van der Waals surface area contributed by atoms with Gasteiger partial charge in [0.05, 0.1) is 18.8 Å².